The smallest absolute Gasteiger partial charge is 1.00 e. The minimum atomic E-state index is -10.7. The molecule has 0 aromatic carbocycles. The zero-order valence-corrected chi connectivity index (χ0v) is 6.34. The third-order valence-corrected chi connectivity index (χ3v) is 0. The Hall–Kier alpha value is 0.659. The molecule has 0 aromatic rings. The predicted molar refractivity (Wildman–Crippen MR) is 13.6 cm³/mol. The average molecular weight is 337 g/mol. The summed E-state index contributed by atoms with van der Waals surface area (Å²) in [6.45, 7) is 0. The molecule has 0 rings (SSSR count). The summed E-state index contributed by atoms with van der Waals surface area (Å²) in [5.41, 5.74) is 0. The maximum atomic E-state index is 9.87. The van der Waals surface area contributed by atoms with Crippen molar-refractivity contribution in [3.63, 3.8) is 0 Å². The quantitative estimate of drug-likeness (QED) is 0.470. The van der Waals surface area contributed by atoms with Crippen LogP contribution in [-0.2, 0) is 20.1 Å². The van der Waals surface area contributed by atoms with Crippen LogP contribution in [0.3, 0.4) is 0 Å². The van der Waals surface area contributed by atoms with Gasteiger partial charge in [0, 0.05) is 0 Å². The molecular formula is F6IrP. The monoisotopic (exact) mass is 338 g/mol. The summed E-state index contributed by atoms with van der Waals surface area (Å²) in [7, 11) is -10.7. The van der Waals surface area contributed by atoms with Gasteiger partial charge in [-0.2, -0.15) is 0 Å². The predicted octanol–water partition coefficient (Wildman–Crippen LogP) is 3.38. The van der Waals surface area contributed by atoms with Gasteiger partial charge in [0.2, 0.25) is 0 Å². The second kappa shape index (κ2) is 1.39. The summed E-state index contributed by atoms with van der Waals surface area (Å²) in [5.74, 6) is 0. The van der Waals surface area contributed by atoms with Crippen LogP contribution in [0.2, 0.25) is 0 Å². The maximum absolute atomic E-state index is 10.7. The topological polar surface area (TPSA) is 0 Å². The molecule has 0 aliphatic rings. The van der Waals surface area contributed by atoms with Crippen LogP contribution in [0.5, 0.6) is 0 Å². The Balaban J connectivity index is 0. The van der Waals surface area contributed by atoms with Crippen molar-refractivity contribution >= 4 is 7.81 Å². The SMILES string of the molecule is F[P-](F)(F)(F)(F)F.[Ir+]. The van der Waals surface area contributed by atoms with Crippen molar-refractivity contribution in [3.05, 3.63) is 0 Å². The van der Waals surface area contributed by atoms with Crippen LogP contribution in [0.4, 0.5) is 25.2 Å². The van der Waals surface area contributed by atoms with Gasteiger partial charge in [-0.05, 0) is 0 Å². The molecule has 0 bridgehead atoms. The fourth-order valence-electron chi connectivity index (χ4n) is 0. The van der Waals surface area contributed by atoms with Crippen molar-refractivity contribution in [2.75, 3.05) is 0 Å². The van der Waals surface area contributed by atoms with Gasteiger partial charge in [0.1, 0.15) is 0 Å². The molecule has 0 amide bonds. The first-order chi connectivity index (χ1) is 2.45. The van der Waals surface area contributed by atoms with E-state index in [-0.39, 0.29) is 20.1 Å². The number of hydrogen-bond donors (Lipinski definition) is 0. The molecule has 0 nitrogen and oxygen atoms in total. The van der Waals surface area contributed by atoms with Crippen molar-refractivity contribution in [1.82, 2.24) is 0 Å². The van der Waals surface area contributed by atoms with Crippen LogP contribution in [-0.4, -0.2) is 0 Å². The van der Waals surface area contributed by atoms with Gasteiger partial charge in [-0.15, -0.1) is 0 Å². The van der Waals surface area contributed by atoms with Gasteiger partial charge >= 0.3 is 53.1 Å². The van der Waals surface area contributed by atoms with E-state index in [2.05, 4.69) is 0 Å². The number of rotatable bonds is 0. The minimum Gasteiger partial charge on any atom is 1.00 e. The van der Waals surface area contributed by atoms with Gasteiger partial charge in [-0.25, -0.2) is 0 Å². The van der Waals surface area contributed by atoms with Gasteiger partial charge in [0.15, 0.2) is 0 Å². The molecule has 0 fully saturated rings. The standard InChI is InChI=1S/F6P.Ir/c1-7(2,3,4,5)6;/q-1;+1. The number of hydrogen-bond acceptors (Lipinski definition) is 0. The molecule has 0 saturated heterocycles. The fraction of sp³-hybridized carbons (Fsp3) is 0. The second-order valence-corrected chi connectivity index (χ2v) is 2.87. The van der Waals surface area contributed by atoms with Gasteiger partial charge in [-0.1, -0.05) is 0 Å². The van der Waals surface area contributed by atoms with E-state index < -0.39 is 7.81 Å². The van der Waals surface area contributed by atoms with E-state index in [1.54, 1.807) is 0 Å². The van der Waals surface area contributed by atoms with Gasteiger partial charge < -0.3 is 0 Å². The fourth-order valence-corrected chi connectivity index (χ4v) is 0. The van der Waals surface area contributed by atoms with Crippen LogP contribution >= 0.6 is 7.81 Å². The molecular weight excluding hydrogens is 337 g/mol. The molecule has 0 aliphatic carbocycles. The van der Waals surface area contributed by atoms with Gasteiger partial charge in [0.25, 0.3) is 0 Å². The molecule has 0 saturated carbocycles. The second-order valence-electron chi connectivity index (χ2n) is 0.958. The van der Waals surface area contributed by atoms with Crippen LogP contribution in [0.1, 0.15) is 0 Å². The molecule has 56 valence electrons. The molecule has 0 aromatic heterocycles. The van der Waals surface area contributed by atoms with E-state index in [4.69, 9.17) is 0 Å². The van der Waals surface area contributed by atoms with Crippen LogP contribution in [0.15, 0.2) is 0 Å². The van der Waals surface area contributed by atoms with Crippen LogP contribution < -0.4 is 0 Å². The molecule has 0 N–H and O–H groups in total. The minimum absolute atomic E-state index is 0. The summed E-state index contributed by atoms with van der Waals surface area (Å²) >= 11 is 0. The van der Waals surface area contributed by atoms with E-state index in [0.29, 0.717) is 0 Å². The maximum Gasteiger partial charge on any atom is 1.00 e. The van der Waals surface area contributed by atoms with Crippen molar-refractivity contribution in [3.8, 4) is 0 Å². The Morgan fingerprint density at radius 1 is 0.625 bits per heavy atom. The van der Waals surface area contributed by atoms with Gasteiger partial charge in [0.05, 0.1) is 0 Å². The van der Waals surface area contributed by atoms with Crippen molar-refractivity contribution in [2.24, 2.45) is 0 Å². The largest absolute Gasteiger partial charge is 1.00 e. The molecule has 8 heteroatoms. The molecule has 0 atom stereocenters. The van der Waals surface area contributed by atoms with Crippen LogP contribution in [0.25, 0.3) is 0 Å². The van der Waals surface area contributed by atoms with Crippen LogP contribution in [0, 0.1) is 0 Å². The molecule has 0 radical (unpaired) electrons. The van der Waals surface area contributed by atoms with E-state index in [1.165, 1.54) is 0 Å². The molecule has 0 aliphatic heterocycles. The zero-order chi connectivity index (χ0) is 6.41. The Morgan fingerprint density at radius 2 is 0.625 bits per heavy atom. The van der Waals surface area contributed by atoms with Crippen molar-refractivity contribution in [1.29, 1.82) is 0 Å². The summed E-state index contributed by atoms with van der Waals surface area (Å²) in [4.78, 5) is 0. The zero-order valence-electron chi connectivity index (χ0n) is 3.05. The Kier molecular flexibility index (Phi) is 1.98. The first-order valence-corrected chi connectivity index (χ1v) is 3.04. The average Bonchev–Trinajstić information content (AvgIpc) is 0.592. The van der Waals surface area contributed by atoms with Crippen molar-refractivity contribution < 1.29 is 45.3 Å². The normalized spacial score (nSPS) is 20.2. The summed E-state index contributed by atoms with van der Waals surface area (Å²) in [6, 6.07) is 0. The van der Waals surface area contributed by atoms with E-state index in [0.717, 1.165) is 0 Å². The van der Waals surface area contributed by atoms with Gasteiger partial charge in [-0.3, -0.25) is 0 Å². The summed E-state index contributed by atoms with van der Waals surface area (Å²) in [5, 5.41) is 0. The third-order valence-electron chi connectivity index (χ3n) is 0. The first kappa shape index (κ1) is 11.5. The summed E-state index contributed by atoms with van der Waals surface area (Å²) in [6.07, 6.45) is 0. The van der Waals surface area contributed by atoms with E-state index in [9.17, 15) is 25.2 Å². The Morgan fingerprint density at radius 3 is 0.625 bits per heavy atom. The Labute approximate surface area is 53.8 Å². The summed E-state index contributed by atoms with van der Waals surface area (Å²) < 4.78 is 59.2. The first-order valence-electron chi connectivity index (χ1n) is 1.01. The Bertz CT molecular complexity index is 67.1. The number of halogens is 6. The third kappa shape index (κ3) is 491. The molecule has 0 spiro atoms. The van der Waals surface area contributed by atoms with E-state index >= 15 is 0 Å². The van der Waals surface area contributed by atoms with E-state index in [1.807, 2.05) is 0 Å². The molecule has 8 heavy (non-hydrogen) atoms. The van der Waals surface area contributed by atoms with Crippen molar-refractivity contribution in [2.45, 2.75) is 0 Å². The molecule has 0 heterocycles. The molecule has 0 unspecified atom stereocenters.